The van der Waals surface area contributed by atoms with E-state index >= 15 is 0 Å². The van der Waals surface area contributed by atoms with Crippen LogP contribution < -0.4 is 4.90 Å². The molecule has 1 saturated heterocycles. The molecule has 1 aliphatic rings. The summed E-state index contributed by atoms with van der Waals surface area (Å²) in [7, 11) is 0. The van der Waals surface area contributed by atoms with Crippen molar-refractivity contribution < 1.29 is 4.79 Å². The molecule has 1 amide bonds. The van der Waals surface area contributed by atoms with Gasteiger partial charge in [-0.3, -0.25) is 9.89 Å². The molecule has 5 nitrogen and oxygen atoms in total. The molecular formula is C22H23ClN4O. The van der Waals surface area contributed by atoms with E-state index in [4.69, 9.17) is 11.6 Å². The van der Waals surface area contributed by atoms with Crippen LogP contribution >= 0.6 is 11.6 Å². The average molecular weight is 395 g/mol. The van der Waals surface area contributed by atoms with Gasteiger partial charge in [0.1, 0.15) is 0 Å². The summed E-state index contributed by atoms with van der Waals surface area (Å²) in [6.45, 7) is 5.12. The Balaban J connectivity index is 1.43. The second-order valence-corrected chi connectivity index (χ2v) is 7.58. The van der Waals surface area contributed by atoms with Crippen LogP contribution in [0.25, 0.3) is 11.3 Å². The number of nitrogens with zero attached hydrogens (tertiary/aromatic N) is 3. The summed E-state index contributed by atoms with van der Waals surface area (Å²) >= 11 is 5.97. The van der Waals surface area contributed by atoms with Crippen molar-refractivity contribution in [1.29, 1.82) is 0 Å². The second-order valence-electron chi connectivity index (χ2n) is 7.15. The first-order valence-corrected chi connectivity index (χ1v) is 9.90. The second kappa shape index (κ2) is 8.07. The fourth-order valence-corrected chi connectivity index (χ4v) is 3.60. The Labute approximate surface area is 169 Å². The minimum Gasteiger partial charge on any atom is -0.353 e. The fraction of sp³-hybridized carbons (Fsp3) is 0.273. The number of carbonyl (C=O) groups is 1. The molecule has 144 valence electrons. The SMILES string of the molecule is Cc1ccc(C(=O)N2CCCN(c3cc(-c4ccc(Cl)cc4)[nH]n3)CC2)cc1. The number of carbonyl (C=O) groups excluding carboxylic acids is 1. The molecule has 1 N–H and O–H groups in total. The highest BCUT2D eigenvalue weighted by molar-refractivity contribution is 6.30. The highest BCUT2D eigenvalue weighted by Crippen LogP contribution is 2.24. The van der Waals surface area contributed by atoms with Gasteiger partial charge in [-0.2, -0.15) is 5.10 Å². The van der Waals surface area contributed by atoms with E-state index in [-0.39, 0.29) is 5.91 Å². The third-order valence-electron chi connectivity index (χ3n) is 5.13. The quantitative estimate of drug-likeness (QED) is 0.716. The molecule has 2 aromatic carbocycles. The molecular weight excluding hydrogens is 372 g/mol. The van der Waals surface area contributed by atoms with E-state index in [0.717, 1.165) is 54.3 Å². The molecule has 4 rings (SSSR count). The number of hydrogen-bond donors (Lipinski definition) is 1. The van der Waals surface area contributed by atoms with Gasteiger partial charge in [-0.1, -0.05) is 41.4 Å². The zero-order valence-electron chi connectivity index (χ0n) is 15.9. The molecule has 0 atom stereocenters. The molecule has 6 heteroatoms. The van der Waals surface area contributed by atoms with Gasteiger partial charge in [0, 0.05) is 42.8 Å². The Kier molecular flexibility index (Phi) is 5.35. The van der Waals surface area contributed by atoms with Crippen molar-refractivity contribution in [3.8, 4) is 11.3 Å². The number of anilines is 1. The molecule has 0 aliphatic carbocycles. The minimum atomic E-state index is 0.103. The Morgan fingerprint density at radius 3 is 2.50 bits per heavy atom. The van der Waals surface area contributed by atoms with Crippen molar-refractivity contribution in [2.24, 2.45) is 0 Å². The van der Waals surface area contributed by atoms with Crippen LogP contribution in [0, 0.1) is 6.92 Å². The first-order chi connectivity index (χ1) is 13.6. The predicted molar refractivity (Wildman–Crippen MR) is 113 cm³/mol. The van der Waals surface area contributed by atoms with Crippen molar-refractivity contribution in [3.63, 3.8) is 0 Å². The molecule has 1 aliphatic heterocycles. The number of hydrogen-bond acceptors (Lipinski definition) is 3. The zero-order valence-corrected chi connectivity index (χ0v) is 16.6. The van der Waals surface area contributed by atoms with Gasteiger partial charge >= 0.3 is 0 Å². The van der Waals surface area contributed by atoms with Gasteiger partial charge in [0.2, 0.25) is 0 Å². The number of benzene rings is 2. The van der Waals surface area contributed by atoms with Crippen LogP contribution in [0.3, 0.4) is 0 Å². The van der Waals surface area contributed by atoms with E-state index in [0.29, 0.717) is 11.6 Å². The molecule has 3 aromatic rings. The van der Waals surface area contributed by atoms with Crippen LogP contribution in [0.5, 0.6) is 0 Å². The number of halogens is 1. The lowest BCUT2D eigenvalue weighted by Gasteiger charge is -2.22. The van der Waals surface area contributed by atoms with Gasteiger partial charge in [0.05, 0.1) is 5.69 Å². The smallest absolute Gasteiger partial charge is 0.253 e. The highest BCUT2D eigenvalue weighted by Gasteiger charge is 2.21. The van der Waals surface area contributed by atoms with Gasteiger partial charge in [-0.15, -0.1) is 0 Å². The molecule has 1 fully saturated rings. The Morgan fingerprint density at radius 1 is 1.00 bits per heavy atom. The van der Waals surface area contributed by atoms with Gasteiger partial charge < -0.3 is 9.80 Å². The zero-order chi connectivity index (χ0) is 19.5. The van der Waals surface area contributed by atoms with Crippen molar-refractivity contribution in [1.82, 2.24) is 15.1 Å². The van der Waals surface area contributed by atoms with Gasteiger partial charge in [0.15, 0.2) is 5.82 Å². The Bertz CT molecular complexity index is 949. The highest BCUT2D eigenvalue weighted by atomic mass is 35.5. The predicted octanol–water partition coefficient (Wildman–Crippen LogP) is 4.39. The third-order valence-corrected chi connectivity index (χ3v) is 5.38. The largest absolute Gasteiger partial charge is 0.353 e. The standard InChI is InChI=1S/C22H23ClN4O/c1-16-3-5-18(6-4-16)22(28)27-12-2-11-26(13-14-27)21-15-20(24-25-21)17-7-9-19(23)10-8-17/h3-10,15H,2,11-14H2,1H3,(H,24,25). The van der Waals surface area contributed by atoms with E-state index < -0.39 is 0 Å². The van der Waals surface area contributed by atoms with Crippen molar-refractivity contribution >= 4 is 23.3 Å². The molecule has 0 bridgehead atoms. The van der Waals surface area contributed by atoms with Crippen LogP contribution in [0.2, 0.25) is 5.02 Å². The number of aromatic nitrogens is 2. The van der Waals surface area contributed by atoms with Crippen LogP contribution in [0.4, 0.5) is 5.82 Å². The van der Waals surface area contributed by atoms with E-state index in [2.05, 4.69) is 21.2 Å². The molecule has 0 saturated carbocycles. The molecule has 1 aromatic heterocycles. The summed E-state index contributed by atoms with van der Waals surface area (Å²) in [6.07, 6.45) is 0.917. The minimum absolute atomic E-state index is 0.103. The number of aryl methyl sites for hydroxylation is 1. The van der Waals surface area contributed by atoms with Gasteiger partial charge in [-0.25, -0.2) is 0 Å². The number of nitrogens with one attached hydrogen (secondary N) is 1. The fourth-order valence-electron chi connectivity index (χ4n) is 3.48. The monoisotopic (exact) mass is 394 g/mol. The van der Waals surface area contributed by atoms with E-state index in [1.807, 2.05) is 60.4 Å². The van der Waals surface area contributed by atoms with E-state index in [9.17, 15) is 4.79 Å². The topological polar surface area (TPSA) is 52.2 Å². The average Bonchev–Trinajstić information content (AvgIpc) is 3.06. The van der Waals surface area contributed by atoms with Crippen LogP contribution in [0.1, 0.15) is 22.3 Å². The van der Waals surface area contributed by atoms with Crippen molar-refractivity contribution in [3.05, 3.63) is 70.7 Å². The number of rotatable bonds is 3. The normalized spacial score (nSPS) is 14.8. The van der Waals surface area contributed by atoms with Crippen LogP contribution in [0.15, 0.2) is 54.6 Å². The van der Waals surface area contributed by atoms with Gasteiger partial charge in [0.25, 0.3) is 5.91 Å². The maximum Gasteiger partial charge on any atom is 0.253 e. The Morgan fingerprint density at radius 2 is 1.75 bits per heavy atom. The lowest BCUT2D eigenvalue weighted by molar-refractivity contribution is 0.0767. The van der Waals surface area contributed by atoms with Gasteiger partial charge in [-0.05, 0) is 43.2 Å². The van der Waals surface area contributed by atoms with Crippen LogP contribution in [-0.4, -0.2) is 47.2 Å². The lowest BCUT2D eigenvalue weighted by Crippen LogP contribution is -2.35. The van der Waals surface area contributed by atoms with Crippen LogP contribution in [-0.2, 0) is 0 Å². The molecule has 0 spiro atoms. The lowest BCUT2D eigenvalue weighted by atomic mass is 10.1. The summed E-state index contributed by atoms with van der Waals surface area (Å²) in [6, 6.07) is 17.5. The molecule has 28 heavy (non-hydrogen) atoms. The maximum absolute atomic E-state index is 12.8. The maximum atomic E-state index is 12.8. The number of H-pyrrole nitrogens is 1. The molecule has 0 radical (unpaired) electrons. The summed E-state index contributed by atoms with van der Waals surface area (Å²) in [4.78, 5) is 17.0. The molecule has 0 unspecified atom stereocenters. The number of amides is 1. The number of aromatic amines is 1. The summed E-state index contributed by atoms with van der Waals surface area (Å²) in [5, 5.41) is 8.31. The summed E-state index contributed by atoms with van der Waals surface area (Å²) < 4.78 is 0. The first kappa shape index (κ1) is 18.6. The third kappa shape index (κ3) is 4.04. The van der Waals surface area contributed by atoms with Crippen molar-refractivity contribution in [2.45, 2.75) is 13.3 Å². The molecule has 2 heterocycles. The van der Waals surface area contributed by atoms with Crippen molar-refractivity contribution in [2.75, 3.05) is 31.1 Å². The summed E-state index contributed by atoms with van der Waals surface area (Å²) in [5.74, 6) is 1.01. The summed E-state index contributed by atoms with van der Waals surface area (Å²) in [5.41, 5.74) is 3.93. The Hall–Kier alpha value is -2.79. The van der Waals surface area contributed by atoms with E-state index in [1.165, 1.54) is 0 Å². The first-order valence-electron chi connectivity index (χ1n) is 9.52. The van der Waals surface area contributed by atoms with E-state index in [1.54, 1.807) is 0 Å².